The van der Waals surface area contributed by atoms with Crippen molar-refractivity contribution in [2.45, 2.75) is 6.18 Å². The molecule has 0 spiro atoms. The quantitative estimate of drug-likeness (QED) is 0.459. The number of rotatable bonds is 3. The Morgan fingerprint density at radius 2 is 1.64 bits per heavy atom. The molecule has 5 N–H and O–H groups in total. The van der Waals surface area contributed by atoms with Crippen LogP contribution < -0.4 is 16.4 Å². The first-order valence-corrected chi connectivity index (χ1v) is 7.82. The first kappa shape index (κ1) is 19.2. The van der Waals surface area contributed by atoms with Gasteiger partial charge in [-0.15, -0.1) is 0 Å². The van der Waals surface area contributed by atoms with Gasteiger partial charge in [-0.25, -0.2) is 13.6 Å². The maximum Gasteiger partial charge on any atom is 0.416 e. The van der Waals surface area contributed by atoms with Crippen molar-refractivity contribution in [1.29, 1.82) is 0 Å². The van der Waals surface area contributed by atoms with E-state index < -0.39 is 35.1 Å². The van der Waals surface area contributed by atoms with Gasteiger partial charge >= 0.3 is 12.2 Å². The second-order valence-electron chi connectivity index (χ2n) is 5.77. The number of benzene rings is 2. The summed E-state index contributed by atoms with van der Waals surface area (Å²) in [6.45, 7) is 0. The van der Waals surface area contributed by atoms with Crippen LogP contribution in [0.5, 0.6) is 0 Å². The summed E-state index contributed by atoms with van der Waals surface area (Å²) in [5.41, 5.74) is 4.97. The monoisotopic (exact) mass is 396 g/mol. The summed E-state index contributed by atoms with van der Waals surface area (Å²) in [5, 5.41) is 4.05. The minimum Gasteiger partial charge on any atom is -0.397 e. The number of nitrogens with two attached hydrogens (primary N) is 1. The molecule has 28 heavy (non-hydrogen) atoms. The van der Waals surface area contributed by atoms with E-state index in [0.717, 1.165) is 6.07 Å². The molecular formula is C18H13F5N4O. The number of halogens is 5. The van der Waals surface area contributed by atoms with Gasteiger partial charge in [0.25, 0.3) is 0 Å². The van der Waals surface area contributed by atoms with Crippen molar-refractivity contribution in [2.75, 3.05) is 16.4 Å². The number of urea groups is 1. The number of hydrogen-bond donors (Lipinski definition) is 4. The van der Waals surface area contributed by atoms with Crippen LogP contribution in [0.25, 0.3) is 11.3 Å². The van der Waals surface area contributed by atoms with Gasteiger partial charge in [-0.1, -0.05) is 6.07 Å². The number of alkyl halides is 3. The van der Waals surface area contributed by atoms with Crippen LogP contribution in [-0.4, -0.2) is 11.0 Å². The highest BCUT2D eigenvalue weighted by molar-refractivity contribution is 6.00. The summed E-state index contributed by atoms with van der Waals surface area (Å²) in [7, 11) is 0. The number of carbonyl (C=O) groups is 1. The summed E-state index contributed by atoms with van der Waals surface area (Å²) >= 11 is 0. The molecule has 2 aromatic carbocycles. The predicted octanol–water partition coefficient (Wildman–Crippen LogP) is 5.20. The summed E-state index contributed by atoms with van der Waals surface area (Å²) in [6.07, 6.45) is -3.13. The number of anilines is 3. The zero-order valence-electron chi connectivity index (χ0n) is 14.0. The second-order valence-corrected chi connectivity index (χ2v) is 5.77. The largest absolute Gasteiger partial charge is 0.416 e. The van der Waals surface area contributed by atoms with Crippen molar-refractivity contribution in [2.24, 2.45) is 0 Å². The topological polar surface area (TPSA) is 82.9 Å². The van der Waals surface area contributed by atoms with Crippen molar-refractivity contribution in [3.05, 3.63) is 65.9 Å². The molecule has 10 heteroatoms. The minimum absolute atomic E-state index is 0.251. The van der Waals surface area contributed by atoms with Crippen molar-refractivity contribution in [3.63, 3.8) is 0 Å². The molecule has 0 atom stereocenters. The number of carbonyl (C=O) groups excluding carboxylic acids is 1. The molecule has 0 bridgehead atoms. The molecule has 5 nitrogen and oxygen atoms in total. The number of aromatic amines is 1. The average Bonchev–Trinajstić information content (AvgIpc) is 3.03. The standard InChI is InChI=1S/C18H13F5N4O/c19-11-3-2-10(18(21,22)23)8-15(11)27-17(28)26-14-4-1-9(7-12(14)20)16-13(24)5-6-25-16/h1-8,25H,24H2,(H2,26,27,28). The third-order valence-electron chi connectivity index (χ3n) is 3.83. The van der Waals surface area contributed by atoms with Gasteiger partial charge in [0.15, 0.2) is 0 Å². The molecule has 3 rings (SSSR count). The third kappa shape index (κ3) is 4.05. The number of aromatic nitrogens is 1. The normalized spacial score (nSPS) is 11.3. The molecule has 0 saturated heterocycles. The summed E-state index contributed by atoms with van der Waals surface area (Å²) in [4.78, 5) is 14.8. The average molecular weight is 396 g/mol. The van der Waals surface area contributed by atoms with Gasteiger partial charge in [0.2, 0.25) is 0 Å². The summed E-state index contributed by atoms with van der Waals surface area (Å²) in [6, 6.07) is 5.89. The molecule has 0 aliphatic carbocycles. The van der Waals surface area contributed by atoms with Crippen LogP contribution >= 0.6 is 0 Å². The number of H-pyrrole nitrogens is 1. The van der Waals surface area contributed by atoms with E-state index in [4.69, 9.17) is 5.73 Å². The van der Waals surface area contributed by atoms with E-state index in [9.17, 15) is 26.7 Å². The first-order valence-electron chi connectivity index (χ1n) is 7.82. The van der Waals surface area contributed by atoms with Crippen LogP contribution in [0.4, 0.5) is 43.8 Å². The van der Waals surface area contributed by atoms with Gasteiger partial charge < -0.3 is 21.4 Å². The smallest absolute Gasteiger partial charge is 0.397 e. The Bertz CT molecular complexity index is 1030. The molecule has 146 valence electrons. The lowest BCUT2D eigenvalue weighted by Gasteiger charge is -2.12. The zero-order chi connectivity index (χ0) is 20.5. The lowest BCUT2D eigenvalue weighted by molar-refractivity contribution is -0.137. The highest BCUT2D eigenvalue weighted by atomic mass is 19.4. The second kappa shape index (κ2) is 7.22. The van der Waals surface area contributed by atoms with E-state index in [1.165, 1.54) is 12.1 Å². The first-order chi connectivity index (χ1) is 13.1. The minimum atomic E-state index is -4.71. The molecule has 1 heterocycles. The lowest BCUT2D eigenvalue weighted by Crippen LogP contribution is -2.21. The van der Waals surface area contributed by atoms with Crippen molar-refractivity contribution in [3.8, 4) is 11.3 Å². The van der Waals surface area contributed by atoms with Crippen LogP contribution in [0.3, 0.4) is 0 Å². The number of nitrogens with one attached hydrogen (secondary N) is 3. The third-order valence-corrected chi connectivity index (χ3v) is 3.83. The maximum absolute atomic E-state index is 14.3. The van der Waals surface area contributed by atoms with E-state index in [0.29, 0.717) is 35.1 Å². The SMILES string of the molecule is Nc1cc[nH]c1-c1ccc(NC(=O)Nc2cc(C(F)(F)F)ccc2F)c(F)c1. The zero-order valence-corrected chi connectivity index (χ0v) is 14.0. The van der Waals surface area contributed by atoms with Gasteiger partial charge in [0.1, 0.15) is 11.6 Å². The fourth-order valence-electron chi connectivity index (χ4n) is 2.48. The van der Waals surface area contributed by atoms with E-state index in [-0.39, 0.29) is 5.69 Å². The van der Waals surface area contributed by atoms with E-state index >= 15 is 0 Å². The molecule has 0 aliphatic rings. The molecule has 3 aromatic rings. The Morgan fingerprint density at radius 3 is 2.25 bits per heavy atom. The summed E-state index contributed by atoms with van der Waals surface area (Å²) < 4.78 is 66.1. The number of nitrogen functional groups attached to an aromatic ring is 1. The van der Waals surface area contributed by atoms with Crippen LogP contribution in [0.1, 0.15) is 5.56 Å². The fraction of sp³-hybridized carbons (Fsp3) is 0.0556. The molecule has 1 aromatic heterocycles. The lowest BCUT2D eigenvalue weighted by atomic mass is 10.1. The van der Waals surface area contributed by atoms with E-state index in [1.54, 1.807) is 12.3 Å². The van der Waals surface area contributed by atoms with Crippen LogP contribution in [0, 0.1) is 11.6 Å². The summed E-state index contributed by atoms with van der Waals surface area (Å²) in [5.74, 6) is -1.88. The Labute approximate surface area is 155 Å². The Kier molecular flexibility index (Phi) is 4.95. The Morgan fingerprint density at radius 1 is 0.929 bits per heavy atom. The van der Waals surface area contributed by atoms with Crippen molar-refractivity contribution < 1.29 is 26.7 Å². The Hall–Kier alpha value is -3.56. The fourth-order valence-corrected chi connectivity index (χ4v) is 2.48. The highest BCUT2D eigenvalue weighted by Crippen LogP contribution is 2.32. The maximum atomic E-state index is 14.3. The van der Waals surface area contributed by atoms with Gasteiger partial charge in [-0.2, -0.15) is 13.2 Å². The van der Waals surface area contributed by atoms with Gasteiger partial charge in [0, 0.05) is 11.8 Å². The predicted molar refractivity (Wildman–Crippen MR) is 94.6 cm³/mol. The molecular weight excluding hydrogens is 383 g/mol. The van der Waals surface area contributed by atoms with Gasteiger partial charge in [-0.3, -0.25) is 0 Å². The molecule has 0 unspecified atom stereocenters. The van der Waals surface area contributed by atoms with Crippen LogP contribution in [0.15, 0.2) is 48.7 Å². The number of amides is 2. The van der Waals surface area contributed by atoms with E-state index in [2.05, 4.69) is 10.3 Å². The molecule has 2 amide bonds. The molecule has 0 saturated carbocycles. The highest BCUT2D eigenvalue weighted by Gasteiger charge is 2.31. The van der Waals surface area contributed by atoms with Crippen LogP contribution in [-0.2, 0) is 6.18 Å². The molecule has 0 fully saturated rings. The molecule has 0 radical (unpaired) electrons. The molecule has 0 aliphatic heterocycles. The Balaban J connectivity index is 1.76. The van der Waals surface area contributed by atoms with Gasteiger partial charge in [-0.05, 0) is 36.4 Å². The van der Waals surface area contributed by atoms with Crippen molar-refractivity contribution >= 4 is 23.1 Å². The van der Waals surface area contributed by atoms with E-state index in [1.807, 2.05) is 5.32 Å². The van der Waals surface area contributed by atoms with Gasteiger partial charge in [0.05, 0.1) is 28.3 Å². The van der Waals surface area contributed by atoms with Crippen molar-refractivity contribution in [1.82, 2.24) is 4.98 Å². The van der Waals surface area contributed by atoms with Crippen LogP contribution in [0.2, 0.25) is 0 Å². The number of hydrogen-bond acceptors (Lipinski definition) is 2.